The highest BCUT2D eigenvalue weighted by Crippen LogP contribution is 2.38. The second kappa shape index (κ2) is 4.69. The number of rotatable bonds is 2. The molecule has 0 bridgehead atoms. The van der Waals surface area contributed by atoms with E-state index in [0.717, 1.165) is 17.4 Å². The number of thiazole rings is 1. The molecule has 1 saturated heterocycles. The van der Waals surface area contributed by atoms with Gasteiger partial charge in [-0.3, -0.25) is 4.98 Å². The summed E-state index contributed by atoms with van der Waals surface area (Å²) in [5, 5.41) is 1.16. The molecule has 3 heterocycles. The van der Waals surface area contributed by atoms with Gasteiger partial charge in [-0.25, -0.2) is 4.98 Å². The highest BCUT2D eigenvalue weighted by molar-refractivity contribution is 7.15. The van der Waals surface area contributed by atoms with Crippen LogP contribution in [0.1, 0.15) is 35.0 Å². The number of aromatic nitrogens is 2. The summed E-state index contributed by atoms with van der Waals surface area (Å²) in [4.78, 5) is 12.7. The highest BCUT2D eigenvalue weighted by atomic mass is 32.1. The molecule has 3 rings (SSSR count). The smallest absolute Gasteiger partial charge is 0.186 e. The molecule has 1 unspecified atom stereocenters. The quantitative estimate of drug-likeness (QED) is 0.826. The second-order valence-electron chi connectivity index (χ2n) is 4.78. The van der Waals surface area contributed by atoms with Gasteiger partial charge in [-0.15, -0.1) is 11.3 Å². The highest BCUT2D eigenvalue weighted by Gasteiger charge is 2.28. The second-order valence-corrected chi connectivity index (χ2v) is 5.96. The van der Waals surface area contributed by atoms with Gasteiger partial charge in [-0.2, -0.15) is 0 Å². The number of hydrogen-bond acceptors (Lipinski definition) is 4. The molecule has 1 atom stereocenters. The molecule has 2 aromatic heterocycles. The van der Waals surface area contributed by atoms with E-state index in [4.69, 9.17) is 4.98 Å². The molecule has 0 spiro atoms. The largest absolute Gasteiger partial charge is 0.341 e. The van der Waals surface area contributed by atoms with E-state index in [9.17, 15) is 0 Å². The van der Waals surface area contributed by atoms with Gasteiger partial charge in [0.2, 0.25) is 0 Å². The summed E-state index contributed by atoms with van der Waals surface area (Å²) in [7, 11) is 0. The summed E-state index contributed by atoms with van der Waals surface area (Å²) in [6.45, 7) is 5.34. The van der Waals surface area contributed by atoms with Crippen molar-refractivity contribution in [2.24, 2.45) is 0 Å². The Morgan fingerprint density at radius 2 is 2.28 bits per heavy atom. The van der Waals surface area contributed by atoms with Crippen LogP contribution < -0.4 is 4.90 Å². The predicted octanol–water partition coefficient (Wildman–Crippen LogP) is 3.50. The van der Waals surface area contributed by atoms with Crippen molar-refractivity contribution in [3.8, 4) is 0 Å². The lowest BCUT2D eigenvalue weighted by Crippen LogP contribution is -2.22. The first kappa shape index (κ1) is 11.7. The van der Waals surface area contributed by atoms with E-state index in [1.807, 2.05) is 18.5 Å². The standard InChI is InChI=1S/C14H17N3S/c1-10-11(2)18-14(16-10)17-8-4-6-13(17)12-5-3-7-15-9-12/h3,5,7,9,13H,4,6,8H2,1-2H3. The third-order valence-corrected chi connectivity index (χ3v) is 4.69. The molecule has 4 heteroatoms. The Morgan fingerprint density at radius 3 is 2.94 bits per heavy atom. The zero-order chi connectivity index (χ0) is 12.5. The average Bonchev–Trinajstić information content (AvgIpc) is 2.98. The fourth-order valence-corrected chi connectivity index (χ4v) is 3.48. The summed E-state index contributed by atoms with van der Waals surface area (Å²) >= 11 is 1.80. The summed E-state index contributed by atoms with van der Waals surface area (Å²) in [6, 6.07) is 4.64. The summed E-state index contributed by atoms with van der Waals surface area (Å²) in [6.07, 6.45) is 6.25. The number of pyridine rings is 1. The Labute approximate surface area is 112 Å². The van der Waals surface area contributed by atoms with Crippen molar-refractivity contribution < 1.29 is 0 Å². The summed E-state index contributed by atoms with van der Waals surface area (Å²) in [5.74, 6) is 0. The molecule has 0 amide bonds. The molecule has 1 aliphatic heterocycles. The molecule has 3 nitrogen and oxygen atoms in total. The Morgan fingerprint density at radius 1 is 1.39 bits per heavy atom. The minimum Gasteiger partial charge on any atom is -0.341 e. The molecule has 1 aliphatic rings. The van der Waals surface area contributed by atoms with Gasteiger partial charge >= 0.3 is 0 Å². The van der Waals surface area contributed by atoms with Crippen LogP contribution in [0.15, 0.2) is 24.5 Å². The first-order valence-electron chi connectivity index (χ1n) is 6.36. The van der Waals surface area contributed by atoms with Gasteiger partial charge in [0, 0.05) is 23.8 Å². The molecule has 94 valence electrons. The molecule has 0 saturated carbocycles. The lowest BCUT2D eigenvalue weighted by Gasteiger charge is -2.24. The molecular formula is C14H17N3S. The Balaban J connectivity index is 1.92. The van der Waals surface area contributed by atoms with Crippen LogP contribution in [-0.4, -0.2) is 16.5 Å². The average molecular weight is 259 g/mol. The molecule has 18 heavy (non-hydrogen) atoms. The molecular weight excluding hydrogens is 242 g/mol. The fraction of sp³-hybridized carbons (Fsp3) is 0.429. The Hall–Kier alpha value is -1.42. The lowest BCUT2D eigenvalue weighted by atomic mass is 10.1. The molecule has 0 N–H and O–H groups in total. The third-order valence-electron chi connectivity index (χ3n) is 3.58. The van der Waals surface area contributed by atoms with E-state index in [2.05, 4.69) is 29.8 Å². The maximum absolute atomic E-state index is 4.69. The monoisotopic (exact) mass is 259 g/mol. The van der Waals surface area contributed by atoms with Crippen molar-refractivity contribution in [3.05, 3.63) is 40.7 Å². The number of aryl methyl sites for hydroxylation is 2. The van der Waals surface area contributed by atoms with Gasteiger partial charge in [0.15, 0.2) is 5.13 Å². The van der Waals surface area contributed by atoms with E-state index in [1.165, 1.54) is 23.3 Å². The summed E-state index contributed by atoms with van der Waals surface area (Å²) in [5.41, 5.74) is 2.47. The zero-order valence-electron chi connectivity index (χ0n) is 10.8. The van der Waals surface area contributed by atoms with Crippen LogP contribution in [0.2, 0.25) is 0 Å². The number of nitrogens with zero attached hydrogens (tertiary/aromatic N) is 3. The fourth-order valence-electron chi connectivity index (χ4n) is 2.49. The molecule has 0 radical (unpaired) electrons. The van der Waals surface area contributed by atoms with Crippen LogP contribution in [0.4, 0.5) is 5.13 Å². The SMILES string of the molecule is Cc1nc(N2CCCC2c2cccnc2)sc1C. The van der Waals surface area contributed by atoms with Gasteiger partial charge in [-0.05, 0) is 38.3 Å². The number of anilines is 1. The zero-order valence-corrected chi connectivity index (χ0v) is 11.6. The lowest BCUT2D eigenvalue weighted by molar-refractivity contribution is 0.713. The molecule has 2 aromatic rings. The normalized spacial score (nSPS) is 19.4. The van der Waals surface area contributed by atoms with E-state index in [-0.39, 0.29) is 0 Å². The predicted molar refractivity (Wildman–Crippen MR) is 75.1 cm³/mol. The van der Waals surface area contributed by atoms with Crippen LogP contribution in [0.3, 0.4) is 0 Å². The maximum Gasteiger partial charge on any atom is 0.186 e. The van der Waals surface area contributed by atoms with Crippen LogP contribution in [-0.2, 0) is 0 Å². The first-order chi connectivity index (χ1) is 8.75. The van der Waals surface area contributed by atoms with Crippen molar-refractivity contribution in [1.29, 1.82) is 0 Å². The number of hydrogen-bond donors (Lipinski definition) is 0. The van der Waals surface area contributed by atoms with Gasteiger partial charge in [0.05, 0.1) is 11.7 Å². The Bertz CT molecular complexity index is 516. The first-order valence-corrected chi connectivity index (χ1v) is 7.18. The van der Waals surface area contributed by atoms with Crippen molar-refractivity contribution in [2.45, 2.75) is 32.7 Å². The van der Waals surface area contributed by atoms with E-state index in [0.29, 0.717) is 6.04 Å². The van der Waals surface area contributed by atoms with Crippen molar-refractivity contribution in [3.63, 3.8) is 0 Å². The van der Waals surface area contributed by atoms with Crippen molar-refractivity contribution in [2.75, 3.05) is 11.4 Å². The van der Waals surface area contributed by atoms with Crippen molar-refractivity contribution in [1.82, 2.24) is 9.97 Å². The van der Waals surface area contributed by atoms with Gasteiger partial charge in [0.25, 0.3) is 0 Å². The third kappa shape index (κ3) is 2.01. The minimum absolute atomic E-state index is 0.448. The molecule has 1 fully saturated rings. The van der Waals surface area contributed by atoms with E-state index >= 15 is 0 Å². The maximum atomic E-state index is 4.69. The molecule has 0 aliphatic carbocycles. The van der Waals surface area contributed by atoms with Gasteiger partial charge in [0.1, 0.15) is 0 Å². The topological polar surface area (TPSA) is 29.0 Å². The minimum atomic E-state index is 0.448. The van der Waals surface area contributed by atoms with Gasteiger partial charge < -0.3 is 4.90 Å². The van der Waals surface area contributed by atoms with Crippen molar-refractivity contribution >= 4 is 16.5 Å². The van der Waals surface area contributed by atoms with Crippen LogP contribution in [0.25, 0.3) is 0 Å². The van der Waals surface area contributed by atoms with Gasteiger partial charge in [-0.1, -0.05) is 6.07 Å². The van der Waals surface area contributed by atoms with E-state index in [1.54, 1.807) is 11.3 Å². The summed E-state index contributed by atoms with van der Waals surface area (Å²) < 4.78 is 0. The van der Waals surface area contributed by atoms with Crippen LogP contribution >= 0.6 is 11.3 Å². The van der Waals surface area contributed by atoms with Crippen LogP contribution in [0.5, 0.6) is 0 Å². The molecule has 0 aromatic carbocycles. The van der Waals surface area contributed by atoms with E-state index < -0.39 is 0 Å². The Kier molecular flexibility index (Phi) is 3.04. The van der Waals surface area contributed by atoms with Crippen LogP contribution in [0, 0.1) is 13.8 Å².